The molecule has 1 rings (SSSR count). The number of nitrogens with one attached hydrogen (secondary N) is 19. The zero-order chi connectivity index (χ0) is 111. The fourth-order valence-corrected chi connectivity index (χ4v) is 14.8. The molecule has 0 bridgehead atoms. The van der Waals surface area contributed by atoms with Crippen LogP contribution in [0.5, 0.6) is 5.75 Å². The lowest BCUT2D eigenvalue weighted by Crippen LogP contribution is -2.62. The number of carbonyl (C=O) groups excluding carboxylic acids is 19. The van der Waals surface area contributed by atoms with Crippen LogP contribution in [-0.2, 0) is 102 Å². The maximum atomic E-state index is 14.9. The summed E-state index contributed by atoms with van der Waals surface area (Å²) in [4.78, 5) is 279. The number of phenolic OH excluding ortho intramolecular Hbond substituents is 1. The van der Waals surface area contributed by atoms with Gasteiger partial charge in [0, 0.05) is 44.7 Å². The first-order valence-corrected chi connectivity index (χ1v) is 50.1. The molecule has 0 aliphatic rings. The number of guanidine groups is 1. The average Bonchev–Trinajstić information content (AvgIpc) is 0.826. The number of hydrogen-bond acceptors (Lipinski definition) is 31. The van der Waals surface area contributed by atoms with Crippen LogP contribution < -0.4 is 136 Å². The summed E-state index contributed by atoms with van der Waals surface area (Å²) >= 11 is 0. The molecule has 0 spiro atoms. The Morgan fingerprint density at radius 3 is 1.27 bits per heavy atom. The molecule has 832 valence electrons. The molecule has 53 heteroatoms. The molecule has 1 aromatic carbocycles. The molecule has 18 unspecified atom stereocenters. The van der Waals surface area contributed by atoms with Gasteiger partial charge in [0.1, 0.15) is 103 Å². The number of carboxylic acid groups (broad SMARTS) is 1. The number of amides is 19. The Bertz CT molecular complexity index is 4390. The highest BCUT2D eigenvalue weighted by molar-refractivity contribution is 6.02. The van der Waals surface area contributed by atoms with Gasteiger partial charge >= 0.3 is 5.97 Å². The van der Waals surface area contributed by atoms with Gasteiger partial charge in [0.2, 0.25) is 112 Å². The Morgan fingerprint density at radius 2 is 0.796 bits per heavy atom. The minimum atomic E-state index is -2.23. The monoisotopic (exact) mass is 2090 g/mol. The summed E-state index contributed by atoms with van der Waals surface area (Å²) in [5.41, 5.74) is 40.1. The number of benzene rings is 1. The number of nitrogens with zero attached hydrogens (tertiary/aromatic N) is 1. The molecule has 0 fully saturated rings. The lowest BCUT2D eigenvalue weighted by Gasteiger charge is -2.29. The van der Waals surface area contributed by atoms with Crippen LogP contribution in [-0.4, -0.2) is 316 Å². The number of aromatic hydroxyl groups is 1. The van der Waals surface area contributed by atoms with Gasteiger partial charge < -0.3 is 166 Å². The normalized spacial score (nSPS) is 14.8. The van der Waals surface area contributed by atoms with Crippen LogP contribution in [0.25, 0.3) is 0 Å². The largest absolute Gasteiger partial charge is 0.508 e. The highest BCUT2D eigenvalue weighted by Gasteiger charge is 2.40. The Morgan fingerprint density at radius 1 is 0.388 bits per heavy atom. The number of phenols is 1. The van der Waals surface area contributed by atoms with Gasteiger partial charge in [-0.25, -0.2) is 0 Å². The third-order valence-electron chi connectivity index (χ3n) is 23.1. The number of aliphatic hydroxyl groups is 4. The van der Waals surface area contributed by atoms with Crippen LogP contribution >= 0.6 is 0 Å². The first-order chi connectivity index (χ1) is 69.4. The van der Waals surface area contributed by atoms with Crippen molar-refractivity contribution in [2.24, 2.45) is 51.0 Å². The molecular weight excluding hydrogens is 1920 g/mol. The highest BCUT2D eigenvalue weighted by Crippen LogP contribution is 2.18. The van der Waals surface area contributed by atoms with Crippen LogP contribution in [0.4, 0.5) is 0 Å². The number of primary amides is 3. The molecule has 147 heavy (non-hydrogen) atoms. The third kappa shape index (κ3) is 58.2. The van der Waals surface area contributed by atoms with E-state index in [0.717, 1.165) is 46.0 Å². The van der Waals surface area contributed by atoms with E-state index in [4.69, 9.17) is 45.5 Å². The molecule has 0 heterocycles. The second-order valence-corrected chi connectivity index (χ2v) is 37.0. The minimum Gasteiger partial charge on any atom is -0.508 e. The lowest BCUT2D eigenvalue weighted by molar-refractivity contribution is -0.142. The van der Waals surface area contributed by atoms with Crippen molar-refractivity contribution in [3.05, 3.63) is 29.8 Å². The predicted molar refractivity (Wildman–Crippen MR) is 540 cm³/mol. The molecule has 19 amide bonds. The molecule has 18 atom stereocenters. The molecule has 39 N–H and O–H groups in total. The molecular formula is C94H165N27O26. The Kier molecular flexibility index (Phi) is 66.5. The van der Waals surface area contributed by atoms with Gasteiger partial charge in [-0.3, -0.25) is 106 Å². The van der Waals surface area contributed by atoms with Gasteiger partial charge in [-0.1, -0.05) is 110 Å². The smallest absolute Gasteiger partial charge is 0.305 e. The van der Waals surface area contributed by atoms with Gasteiger partial charge in [-0.2, -0.15) is 0 Å². The standard InChI is InChI=1S/C94H165N27O26/c1-10-11-12-13-14-15-16-17-18-19-20-21-22-32-74(129)120-77(56(8)123)92(146)118-68(47-73(99)128)88(142)107-54(6)80(134)106-49-75(130)109-60(30-26-43-104-53(4)5)83(137)119-70(50-122)91(145)117-69(48-76(131)132)90(144)121-78(57(9)124)93(147)114-63(29-25-42-103-51-96)85(139)112-64(37-39-71(97)126)86(140)113-65(38-40-72(98)127)87(141)116-67(46-58-33-35-59(125)36-34-58)89(143)111-62(31-27-44-105-94(101)102)84(138)110-61(28-23-24-41-95)82(136)108-55(7)81(135)115-66(79(100)133)45-52(2)3/h33-36,52,54-57,60-71,77-78,103,122-126H,10-32,37-51,95-97H2,1-9H3,(H2,98,127)(H2,99,128)(H2,100,133)(H,106,134)(H,107,142)(H,108,136)(H,109,130)(H,110,138)(H,111,143)(H,112,139)(H,113,140)(H,114,147)(H,115,135)(H,116,141)(H,117,145)(H,118,146)(H,119,137)(H,120,129)(H,121,144)(H,131,132)(H4,101,102,105). The molecule has 1 aromatic rings. The van der Waals surface area contributed by atoms with Crippen molar-refractivity contribution in [3.8, 4) is 5.75 Å². The molecule has 0 saturated carbocycles. The van der Waals surface area contributed by atoms with Crippen molar-refractivity contribution >= 4 is 130 Å². The lowest BCUT2D eigenvalue weighted by atomic mass is 10.0. The Balaban J connectivity index is 3.67. The second kappa shape index (κ2) is 74.0. The number of hydrogen-bond donors (Lipinski definition) is 32. The number of carboxylic acids is 1. The van der Waals surface area contributed by atoms with Crippen molar-refractivity contribution in [1.29, 1.82) is 5.41 Å². The SMILES string of the molecule is CCCCCCCCCCCCCCCC(=O)NC(C(=O)NC(CC(N)=O)C(=O)NC(C)C(=O)NCC(=O)NC(CCCN=C(C)C)C(=O)NC(CO)C(=O)NC(CC(=O)O)C(=O)NC(C(=O)NC(CCCNCN)C(=O)NC(CCC(N)O)C(=O)NC(CCC(N)=O)C(=O)NC(Cc1ccc(O)cc1)C(=O)NC(CCCNC(=N)N)C(=O)NC(CCCCN)C(=O)NC(C)C(=O)NC(CC(C)C)C(N)=O)C(C)O)C(C)O. The average molecular weight is 2090 g/mol. The quantitative estimate of drug-likeness (QED) is 0.0125. The minimum absolute atomic E-state index is 0.00497. The van der Waals surface area contributed by atoms with E-state index >= 15 is 0 Å². The van der Waals surface area contributed by atoms with Crippen LogP contribution in [0.3, 0.4) is 0 Å². The topological polar surface area (TPSA) is 898 Å². The summed E-state index contributed by atoms with van der Waals surface area (Å²) in [7, 11) is 0. The molecule has 0 radical (unpaired) electrons. The van der Waals surface area contributed by atoms with Gasteiger partial charge in [0.15, 0.2) is 5.96 Å². The zero-order valence-corrected chi connectivity index (χ0v) is 86.0. The van der Waals surface area contributed by atoms with E-state index in [2.05, 4.69) is 108 Å². The molecule has 0 aliphatic carbocycles. The summed E-state index contributed by atoms with van der Waals surface area (Å²) in [6, 6.07) is -20.4. The van der Waals surface area contributed by atoms with Gasteiger partial charge in [0.05, 0.1) is 38.2 Å². The van der Waals surface area contributed by atoms with E-state index in [1.807, 2.05) is 0 Å². The Labute approximate surface area is 856 Å². The third-order valence-corrected chi connectivity index (χ3v) is 23.1. The Hall–Kier alpha value is -13.0. The van der Waals surface area contributed by atoms with Crippen molar-refractivity contribution in [1.82, 2.24) is 95.7 Å². The fraction of sp³-hybridized carbons (Fsp3) is 0.702. The van der Waals surface area contributed by atoms with Crippen LogP contribution in [0.1, 0.15) is 261 Å². The van der Waals surface area contributed by atoms with Crippen LogP contribution in [0.15, 0.2) is 29.3 Å². The zero-order valence-electron chi connectivity index (χ0n) is 86.0. The van der Waals surface area contributed by atoms with Gasteiger partial charge in [0.25, 0.3) is 0 Å². The number of aliphatic carboxylic acids is 1. The van der Waals surface area contributed by atoms with E-state index < -0.39 is 291 Å². The first-order valence-electron chi connectivity index (χ1n) is 50.1. The summed E-state index contributed by atoms with van der Waals surface area (Å²) in [5.74, 6) is -23.2. The van der Waals surface area contributed by atoms with Crippen molar-refractivity contribution in [2.45, 2.75) is 370 Å². The summed E-state index contributed by atoms with van der Waals surface area (Å²) < 4.78 is 0. The highest BCUT2D eigenvalue weighted by atomic mass is 16.4. The van der Waals surface area contributed by atoms with Crippen molar-refractivity contribution < 1.29 is 127 Å². The maximum absolute atomic E-state index is 14.9. The van der Waals surface area contributed by atoms with E-state index in [1.165, 1.54) is 83.1 Å². The number of nitrogens with two attached hydrogens (primary N) is 7. The van der Waals surface area contributed by atoms with E-state index in [-0.39, 0.29) is 114 Å². The van der Waals surface area contributed by atoms with Crippen molar-refractivity contribution in [3.63, 3.8) is 0 Å². The van der Waals surface area contributed by atoms with Gasteiger partial charge in [-0.15, -0.1) is 0 Å². The first kappa shape index (κ1) is 132. The fourth-order valence-electron chi connectivity index (χ4n) is 14.8. The molecule has 0 aromatic heterocycles. The number of aliphatic hydroxyl groups excluding tert-OH is 4. The van der Waals surface area contributed by atoms with Crippen molar-refractivity contribution in [2.75, 3.05) is 46.0 Å². The summed E-state index contributed by atoms with van der Waals surface area (Å²) in [5, 5.41) is 114. The second-order valence-electron chi connectivity index (χ2n) is 37.0. The maximum Gasteiger partial charge on any atom is 0.305 e. The van der Waals surface area contributed by atoms with E-state index in [9.17, 15) is 127 Å². The number of aliphatic imine (C=N–C) groups is 1. The van der Waals surface area contributed by atoms with Crippen LogP contribution in [0, 0.1) is 11.3 Å². The number of unbranched alkanes of at least 4 members (excludes halogenated alkanes) is 13. The van der Waals surface area contributed by atoms with E-state index in [0.29, 0.717) is 18.6 Å². The molecule has 0 saturated heterocycles. The van der Waals surface area contributed by atoms with Crippen LogP contribution in [0.2, 0.25) is 0 Å². The summed E-state index contributed by atoms with van der Waals surface area (Å²) in [6.45, 7) is 11.8. The molecule has 0 aliphatic heterocycles. The molecule has 53 nitrogen and oxygen atoms in total. The number of carbonyl (C=O) groups is 20. The number of rotatable bonds is 80. The summed E-state index contributed by atoms with van der Waals surface area (Å²) in [6.07, 6.45) is 3.92. The van der Waals surface area contributed by atoms with E-state index in [1.54, 1.807) is 27.7 Å². The van der Waals surface area contributed by atoms with Gasteiger partial charge in [-0.05, 0) is 168 Å². The predicted octanol–water partition coefficient (Wildman–Crippen LogP) is -7.26.